The molecule has 0 aromatic heterocycles. The fourth-order valence-corrected chi connectivity index (χ4v) is 3.93. The van der Waals surface area contributed by atoms with Gasteiger partial charge in [0.1, 0.15) is 5.92 Å². The standard InChI is InChI=1S/C22H27NO5/c1-5-12(2)28-22(26)19-13(3)23-15-7-6-8-16(24)21(15)20(19)14-9-10-18(27-4)17(25)11-14/h9-12,19-20,25H,5-8H2,1-4H3/t12-,19?,20-/m0/s1. The molecule has 0 saturated carbocycles. The maximum absolute atomic E-state index is 13.0. The Bertz CT molecular complexity index is 854. The van der Waals surface area contributed by atoms with Crippen molar-refractivity contribution < 1.29 is 24.2 Å². The van der Waals surface area contributed by atoms with E-state index in [1.54, 1.807) is 18.2 Å². The summed E-state index contributed by atoms with van der Waals surface area (Å²) in [4.78, 5) is 30.4. The molecule has 3 rings (SSSR count). The molecular formula is C22H27NO5. The van der Waals surface area contributed by atoms with Crippen molar-refractivity contribution in [2.75, 3.05) is 7.11 Å². The molecule has 1 aliphatic heterocycles. The summed E-state index contributed by atoms with van der Waals surface area (Å²) in [5, 5.41) is 10.3. The van der Waals surface area contributed by atoms with Gasteiger partial charge in [-0.15, -0.1) is 0 Å². The highest BCUT2D eigenvalue weighted by molar-refractivity contribution is 6.08. The molecule has 0 spiro atoms. The van der Waals surface area contributed by atoms with Crippen molar-refractivity contribution in [2.24, 2.45) is 10.9 Å². The number of aromatic hydroxyl groups is 1. The van der Waals surface area contributed by atoms with Crippen LogP contribution in [0.25, 0.3) is 0 Å². The summed E-state index contributed by atoms with van der Waals surface area (Å²) in [5.74, 6) is -1.27. The number of allylic oxidation sites excluding steroid dienone is 2. The number of carbonyl (C=O) groups is 2. The summed E-state index contributed by atoms with van der Waals surface area (Å²) in [7, 11) is 1.48. The molecule has 1 aromatic rings. The molecule has 28 heavy (non-hydrogen) atoms. The van der Waals surface area contributed by atoms with Gasteiger partial charge in [0.05, 0.1) is 13.2 Å². The van der Waals surface area contributed by atoms with E-state index >= 15 is 0 Å². The number of hydrogen-bond acceptors (Lipinski definition) is 6. The molecule has 0 amide bonds. The number of aliphatic imine (C=N–C) groups is 1. The number of hydrogen-bond donors (Lipinski definition) is 1. The highest BCUT2D eigenvalue weighted by atomic mass is 16.5. The summed E-state index contributed by atoms with van der Waals surface area (Å²) in [6.45, 7) is 5.60. The molecule has 6 heteroatoms. The Morgan fingerprint density at radius 2 is 2.11 bits per heavy atom. The van der Waals surface area contributed by atoms with Gasteiger partial charge in [0, 0.05) is 29.3 Å². The number of carbonyl (C=O) groups excluding carboxylic acids is 2. The number of esters is 1. The van der Waals surface area contributed by atoms with E-state index in [-0.39, 0.29) is 23.6 Å². The minimum absolute atomic E-state index is 0.0131. The van der Waals surface area contributed by atoms with Crippen LogP contribution in [0.15, 0.2) is 34.5 Å². The lowest BCUT2D eigenvalue weighted by molar-refractivity contribution is -0.151. The van der Waals surface area contributed by atoms with Crippen molar-refractivity contribution in [2.45, 2.75) is 58.5 Å². The first-order valence-corrected chi connectivity index (χ1v) is 9.76. The van der Waals surface area contributed by atoms with Crippen LogP contribution in [0.5, 0.6) is 11.5 Å². The number of ketones is 1. The fraction of sp³-hybridized carbons (Fsp3) is 0.500. The number of ether oxygens (including phenoxy) is 2. The molecule has 6 nitrogen and oxygen atoms in total. The van der Waals surface area contributed by atoms with E-state index in [4.69, 9.17) is 9.47 Å². The molecule has 0 bridgehead atoms. The van der Waals surface area contributed by atoms with E-state index in [1.165, 1.54) is 7.11 Å². The van der Waals surface area contributed by atoms with Crippen LogP contribution in [0.1, 0.15) is 57.9 Å². The largest absolute Gasteiger partial charge is 0.504 e. The Balaban J connectivity index is 2.11. The zero-order valence-corrected chi connectivity index (χ0v) is 16.8. The third-order valence-corrected chi connectivity index (χ3v) is 5.54. The average molecular weight is 385 g/mol. The van der Waals surface area contributed by atoms with Crippen LogP contribution in [0.4, 0.5) is 0 Å². The van der Waals surface area contributed by atoms with E-state index in [0.717, 1.165) is 12.1 Å². The summed E-state index contributed by atoms with van der Waals surface area (Å²) in [6, 6.07) is 5.01. The number of nitrogens with zero attached hydrogens (tertiary/aromatic N) is 1. The molecule has 1 N–H and O–H groups in total. The second-order valence-corrected chi connectivity index (χ2v) is 7.43. The molecule has 0 fully saturated rings. The van der Waals surface area contributed by atoms with Crippen molar-refractivity contribution in [3.63, 3.8) is 0 Å². The molecule has 1 heterocycles. The zero-order valence-electron chi connectivity index (χ0n) is 16.8. The van der Waals surface area contributed by atoms with Crippen molar-refractivity contribution >= 4 is 17.5 Å². The van der Waals surface area contributed by atoms with Crippen molar-refractivity contribution in [3.8, 4) is 11.5 Å². The average Bonchev–Trinajstić information content (AvgIpc) is 2.66. The second kappa shape index (κ2) is 8.17. The number of methoxy groups -OCH3 is 1. The van der Waals surface area contributed by atoms with E-state index < -0.39 is 11.8 Å². The Morgan fingerprint density at radius 3 is 2.75 bits per heavy atom. The number of phenols is 1. The lowest BCUT2D eigenvalue weighted by Crippen LogP contribution is -2.38. The Morgan fingerprint density at radius 1 is 1.36 bits per heavy atom. The Kier molecular flexibility index (Phi) is 5.87. The van der Waals surface area contributed by atoms with Crippen LogP contribution in [-0.4, -0.2) is 35.8 Å². The topological polar surface area (TPSA) is 85.2 Å². The maximum atomic E-state index is 13.0. The van der Waals surface area contributed by atoms with Gasteiger partial charge in [-0.25, -0.2) is 0 Å². The van der Waals surface area contributed by atoms with Gasteiger partial charge >= 0.3 is 5.97 Å². The molecule has 1 aromatic carbocycles. The van der Waals surface area contributed by atoms with Crippen molar-refractivity contribution in [1.29, 1.82) is 0 Å². The van der Waals surface area contributed by atoms with E-state index in [1.807, 2.05) is 20.8 Å². The molecule has 3 atom stereocenters. The van der Waals surface area contributed by atoms with Crippen LogP contribution < -0.4 is 4.74 Å². The number of phenolic OH excluding ortho intramolecular Hbond substituents is 1. The quantitative estimate of drug-likeness (QED) is 0.777. The van der Waals surface area contributed by atoms with Gasteiger partial charge in [0.15, 0.2) is 17.3 Å². The van der Waals surface area contributed by atoms with Crippen LogP contribution in [0, 0.1) is 5.92 Å². The predicted molar refractivity (Wildman–Crippen MR) is 106 cm³/mol. The first kappa shape index (κ1) is 20.1. The molecular weight excluding hydrogens is 358 g/mol. The maximum Gasteiger partial charge on any atom is 0.315 e. The first-order chi connectivity index (χ1) is 13.4. The molecule has 1 unspecified atom stereocenters. The fourth-order valence-electron chi connectivity index (χ4n) is 3.93. The first-order valence-electron chi connectivity index (χ1n) is 9.76. The summed E-state index contributed by atoms with van der Waals surface area (Å²) in [6.07, 6.45) is 2.40. The van der Waals surface area contributed by atoms with Gasteiger partial charge < -0.3 is 14.6 Å². The molecule has 0 radical (unpaired) electrons. The minimum atomic E-state index is -0.692. The summed E-state index contributed by atoms with van der Waals surface area (Å²) in [5.41, 5.74) is 2.65. The van der Waals surface area contributed by atoms with Gasteiger partial charge in [-0.2, -0.15) is 0 Å². The van der Waals surface area contributed by atoms with Gasteiger partial charge in [-0.3, -0.25) is 14.6 Å². The third kappa shape index (κ3) is 3.68. The Labute approximate surface area is 165 Å². The van der Waals surface area contributed by atoms with Crippen LogP contribution in [0.2, 0.25) is 0 Å². The van der Waals surface area contributed by atoms with E-state index in [9.17, 15) is 14.7 Å². The highest BCUT2D eigenvalue weighted by Crippen LogP contribution is 2.45. The predicted octanol–water partition coefficient (Wildman–Crippen LogP) is 3.92. The normalized spacial score (nSPS) is 23.0. The summed E-state index contributed by atoms with van der Waals surface area (Å²) >= 11 is 0. The molecule has 2 aliphatic rings. The lowest BCUT2D eigenvalue weighted by Gasteiger charge is -2.35. The monoisotopic (exact) mass is 385 g/mol. The number of rotatable bonds is 5. The van der Waals surface area contributed by atoms with Crippen molar-refractivity contribution in [1.82, 2.24) is 0 Å². The van der Waals surface area contributed by atoms with Crippen LogP contribution in [0.3, 0.4) is 0 Å². The molecule has 1 aliphatic carbocycles. The summed E-state index contributed by atoms with van der Waals surface area (Å²) < 4.78 is 10.7. The van der Waals surface area contributed by atoms with Gasteiger partial charge in [-0.05, 0) is 50.8 Å². The van der Waals surface area contributed by atoms with Gasteiger partial charge in [0.25, 0.3) is 0 Å². The van der Waals surface area contributed by atoms with E-state index in [0.29, 0.717) is 41.9 Å². The SMILES string of the molecule is CC[C@H](C)OC(=O)C1C(C)=NC2=C(C(=O)CCC2)[C@H]1c1ccc(OC)c(O)c1. The lowest BCUT2D eigenvalue weighted by atomic mass is 9.71. The smallest absolute Gasteiger partial charge is 0.315 e. The minimum Gasteiger partial charge on any atom is -0.504 e. The van der Waals surface area contributed by atoms with Gasteiger partial charge in [-0.1, -0.05) is 13.0 Å². The molecule has 150 valence electrons. The number of benzene rings is 1. The van der Waals surface area contributed by atoms with E-state index in [2.05, 4.69) is 4.99 Å². The van der Waals surface area contributed by atoms with Crippen molar-refractivity contribution in [3.05, 3.63) is 35.0 Å². The Hall–Kier alpha value is -2.63. The second-order valence-electron chi connectivity index (χ2n) is 7.43. The third-order valence-electron chi connectivity index (χ3n) is 5.54. The van der Waals surface area contributed by atoms with Gasteiger partial charge in [0.2, 0.25) is 0 Å². The number of Topliss-reactive ketones (excluding diaryl/α,β-unsaturated/α-hetero) is 1. The van der Waals surface area contributed by atoms with Crippen LogP contribution >= 0.6 is 0 Å². The highest BCUT2D eigenvalue weighted by Gasteiger charge is 2.43. The van der Waals surface area contributed by atoms with Crippen LogP contribution in [-0.2, 0) is 14.3 Å². The zero-order chi connectivity index (χ0) is 20.4. The molecule has 0 saturated heterocycles.